The van der Waals surface area contributed by atoms with Gasteiger partial charge in [0, 0.05) is 17.8 Å². The Morgan fingerprint density at radius 3 is 2.88 bits per heavy atom. The van der Waals surface area contributed by atoms with Crippen LogP contribution < -0.4 is 11.1 Å². The number of amides is 1. The molecule has 1 amide bonds. The van der Waals surface area contributed by atoms with E-state index in [0.29, 0.717) is 5.01 Å². The van der Waals surface area contributed by atoms with Crippen LogP contribution in [0.25, 0.3) is 0 Å². The number of carboxylic acids is 1. The van der Waals surface area contributed by atoms with Gasteiger partial charge in [0.25, 0.3) is 0 Å². The van der Waals surface area contributed by atoms with Gasteiger partial charge in [-0.2, -0.15) is 0 Å². The normalized spacial score (nSPS) is 12.1. The van der Waals surface area contributed by atoms with E-state index in [1.165, 1.54) is 16.7 Å². The number of thiazole rings is 1. The van der Waals surface area contributed by atoms with Crippen LogP contribution in [0.2, 0.25) is 0 Å². The maximum absolute atomic E-state index is 11.2. The van der Waals surface area contributed by atoms with Crippen molar-refractivity contribution >= 4 is 23.2 Å². The van der Waals surface area contributed by atoms with Gasteiger partial charge in [0.1, 0.15) is 5.01 Å². The molecule has 16 heavy (non-hydrogen) atoms. The maximum Gasteiger partial charge on any atom is 0.355 e. The van der Waals surface area contributed by atoms with Gasteiger partial charge < -0.3 is 16.2 Å². The van der Waals surface area contributed by atoms with Crippen LogP contribution in [0.1, 0.15) is 28.8 Å². The summed E-state index contributed by atoms with van der Waals surface area (Å²) < 4.78 is 0. The fourth-order valence-corrected chi connectivity index (χ4v) is 1.74. The topological polar surface area (TPSA) is 105 Å². The van der Waals surface area contributed by atoms with Crippen molar-refractivity contribution in [2.45, 2.75) is 25.9 Å². The smallest absolute Gasteiger partial charge is 0.355 e. The zero-order valence-corrected chi connectivity index (χ0v) is 9.58. The summed E-state index contributed by atoms with van der Waals surface area (Å²) in [6.45, 7) is 1.98. The van der Waals surface area contributed by atoms with Crippen molar-refractivity contribution in [1.82, 2.24) is 10.3 Å². The minimum absolute atomic E-state index is 0.00134. The minimum Gasteiger partial charge on any atom is -0.476 e. The standard InChI is InChI=1S/C9H13N3O3S/c1-5(10)2-7(13)11-3-8-12-6(4-16-8)9(14)15/h4-5H,2-3,10H2,1H3,(H,11,13)(H,14,15). The Hall–Kier alpha value is -1.47. The summed E-state index contributed by atoms with van der Waals surface area (Å²) in [5, 5.41) is 13.3. The highest BCUT2D eigenvalue weighted by Gasteiger charge is 2.10. The van der Waals surface area contributed by atoms with Crippen molar-refractivity contribution in [2.24, 2.45) is 5.73 Å². The van der Waals surface area contributed by atoms with Gasteiger partial charge >= 0.3 is 5.97 Å². The number of hydrogen-bond acceptors (Lipinski definition) is 5. The summed E-state index contributed by atoms with van der Waals surface area (Å²) in [4.78, 5) is 25.6. The van der Waals surface area contributed by atoms with Crippen LogP contribution >= 0.6 is 11.3 Å². The van der Waals surface area contributed by atoms with Crippen LogP contribution in [-0.2, 0) is 11.3 Å². The van der Waals surface area contributed by atoms with Crippen molar-refractivity contribution < 1.29 is 14.7 Å². The largest absolute Gasteiger partial charge is 0.476 e. The lowest BCUT2D eigenvalue weighted by molar-refractivity contribution is -0.121. The van der Waals surface area contributed by atoms with Crippen LogP contribution in [-0.4, -0.2) is 28.0 Å². The quantitative estimate of drug-likeness (QED) is 0.684. The third-order valence-corrected chi connectivity index (χ3v) is 2.56. The van der Waals surface area contributed by atoms with Crippen LogP contribution in [0.15, 0.2) is 5.38 Å². The third kappa shape index (κ3) is 3.95. The van der Waals surface area contributed by atoms with E-state index >= 15 is 0 Å². The zero-order chi connectivity index (χ0) is 12.1. The van der Waals surface area contributed by atoms with E-state index in [9.17, 15) is 9.59 Å². The maximum atomic E-state index is 11.2. The molecule has 0 aliphatic rings. The Kier molecular flexibility index (Phi) is 4.39. The number of carbonyl (C=O) groups excluding carboxylic acids is 1. The van der Waals surface area contributed by atoms with Crippen molar-refractivity contribution in [3.05, 3.63) is 16.1 Å². The number of nitrogens with one attached hydrogen (secondary N) is 1. The molecule has 7 heteroatoms. The van der Waals surface area contributed by atoms with Crippen molar-refractivity contribution in [2.75, 3.05) is 0 Å². The Bertz CT molecular complexity index is 389. The molecule has 0 aliphatic heterocycles. The molecule has 0 saturated heterocycles. The highest BCUT2D eigenvalue weighted by molar-refractivity contribution is 7.09. The fourth-order valence-electron chi connectivity index (χ4n) is 1.03. The van der Waals surface area contributed by atoms with Gasteiger partial charge in [-0.1, -0.05) is 0 Å². The summed E-state index contributed by atoms with van der Waals surface area (Å²) in [6, 6.07) is -0.189. The highest BCUT2D eigenvalue weighted by atomic mass is 32.1. The van der Waals surface area contributed by atoms with Crippen molar-refractivity contribution in [1.29, 1.82) is 0 Å². The molecule has 1 aromatic heterocycles. The molecule has 6 nitrogen and oxygen atoms in total. The first-order chi connectivity index (χ1) is 7.49. The predicted molar refractivity (Wildman–Crippen MR) is 59.2 cm³/mol. The molecule has 0 spiro atoms. The van der Waals surface area contributed by atoms with E-state index in [1.54, 1.807) is 6.92 Å². The molecule has 0 fully saturated rings. The molecule has 0 aromatic carbocycles. The predicted octanol–water partition coefficient (Wildman–Crippen LogP) is 0.195. The Morgan fingerprint density at radius 1 is 1.69 bits per heavy atom. The van der Waals surface area contributed by atoms with E-state index in [-0.39, 0.29) is 30.6 Å². The molecule has 1 unspecified atom stereocenters. The first-order valence-electron chi connectivity index (χ1n) is 4.69. The number of aromatic nitrogens is 1. The molecule has 0 saturated carbocycles. The van der Waals surface area contributed by atoms with Gasteiger partial charge in [-0.15, -0.1) is 11.3 Å². The summed E-state index contributed by atoms with van der Waals surface area (Å²) in [6.07, 6.45) is 0.247. The lowest BCUT2D eigenvalue weighted by atomic mass is 10.2. The van der Waals surface area contributed by atoms with E-state index < -0.39 is 5.97 Å². The van der Waals surface area contributed by atoms with Gasteiger partial charge in [-0.25, -0.2) is 9.78 Å². The van der Waals surface area contributed by atoms with Crippen LogP contribution in [0.5, 0.6) is 0 Å². The van der Waals surface area contributed by atoms with E-state index in [2.05, 4.69) is 10.3 Å². The SMILES string of the molecule is CC(N)CC(=O)NCc1nc(C(=O)O)cs1. The average molecular weight is 243 g/mol. The Morgan fingerprint density at radius 2 is 2.38 bits per heavy atom. The zero-order valence-electron chi connectivity index (χ0n) is 8.77. The lowest BCUT2D eigenvalue weighted by Gasteiger charge is -2.04. The van der Waals surface area contributed by atoms with Gasteiger partial charge in [0.2, 0.25) is 5.91 Å². The minimum atomic E-state index is -1.07. The number of hydrogen-bond donors (Lipinski definition) is 3. The highest BCUT2D eigenvalue weighted by Crippen LogP contribution is 2.09. The van der Waals surface area contributed by atoms with Gasteiger partial charge in [0.15, 0.2) is 5.69 Å². The second-order valence-electron chi connectivity index (χ2n) is 3.39. The molecular formula is C9H13N3O3S. The summed E-state index contributed by atoms with van der Waals surface area (Å²) >= 11 is 1.20. The molecule has 1 atom stereocenters. The second-order valence-corrected chi connectivity index (χ2v) is 4.33. The molecule has 0 radical (unpaired) electrons. The first-order valence-corrected chi connectivity index (χ1v) is 5.57. The van der Waals surface area contributed by atoms with E-state index in [4.69, 9.17) is 10.8 Å². The molecule has 0 aliphatic carbocycles. The van der Waals surface area contributed by atoms with E-state index in [1.807, 2.05) is 0 Å². The Labute approximate surface area is 96.5 Å². The summed E-state index contributed by atoms with van der Waals surface area (Å²) in [7, 11) is 0. The number of nitrogens with two attached hydrogens (primary N) is 1. The second kappa shape index (κ2) is 5.57. The molecular weight excluding hydrogens is 230 g/mol. The lowest BCUT2D eigenvalue weighted by Crippen LogP contribution is -2.29. The molecule has 1 rings (SSSR count). The summed E-state index contributed by atoms with van der Waals surface area (Å²) in [5.74, 6) is -1.23. The third-order valence-electron chi connectivity index (χ3n) is 1.72. The van der Waals surface area contributed by atoms with Crippen molar-refractivity contribution in [3.8, 4) is 0 Å². The van der Waals surface area contributed by atoms with Gasteiger partial charge in [-0.3, -0.25) is 4.79 Å². The van der Waals surface area contributed by atoms with E-state index in [0.717, 1.165) is 0 Å². The number of nitrogens with zero attached hydrogens (tertiary/aromatic N) is 1. The summed E-state index contributed by atoms with van der Waals surface area (Å²) in [5.41, 5.74) is 5.46. The molecule has 0 bridgehead atoms. The molecule has 88 valence electrons. The molecule has 1 aromatic rings. The monoisotopic (exact) mass is 243 g/mol. The van der Waals surface area contributed by atoms with Crippen molar-refractivity contribution in [3.63, 3.8) is 0 Å². The number of rotatable bonds is 5. The number of carbonyl (C=O) groups is 2. The fraction of sp³-hybridized carbons (Fsp3) is 0.444. The Balaban J connectivity index is 2.42. The van der Waals surface area contributed by atoms with Crippen LogP contribution in [0.3, 0.4) is 0 Å². The first kappa shape index (κ1) is 12.6. The van der Waals surface area contributed by atoms with Gasteiger partial charge in [0.05, 0.1) is 6.54 Å². The molecule has 1 heterocycles. The van der Waals surface area contributed by atoms with Gasteiger partial charge in [-0.05, 0) is 6.92 Å². The average Bonchev–Trinajstić information content (AvgIpc) is 2.61. The number of aromatic carboxylic acids is 1. The molecule has 4 N–H and O–H groups in total. The van der Waals surface area contributed by atoms with Crippen LogP contribution in [0, 0.1) is 0 Å². The number of carboxylic acid groups (broad SMARTS) is 1. The van der Waals surface area contributed by atoms with Crippen LogP contribution in [0.4, 0.5) is 0 Å².